The minimum absolute atomic E-state index is 0.679. The van der Waals surface area contributed by atoms with Gasteiger partial charge >= 0.3 is 0 Å². The minimum atomic E-state index is 0.679. The van der Waals surface area contributed by atoms with E-state index in [4.69, 9.17) is 9.97 Å². The molecular formula is C38H23N3. The monoisotopic (exact) mass is 521 g/mol. The van der Waals surface area contributed by atoms with Gasteiger partial charge in [0.25, 0.3) is 0 Å². The SMILES string of the molecule is c1ccc(-c2nc(-n3c4cc5ccccc5cc4c4c5ccccc5c5ccccc5c43)nc3ccccc23)cc1. The van der Waals surface area contributed by atoms with Gasteiger partial charge in [-0.25, -0.2) is 9.97 Å². The van der Waals surface area contributed by atoms with E-state index in [0.29, 0.717) is 5.95 Å². The predicted molar refractivity (Wildman–Crippen MR) is 172 cm³/mol. The Kier molecular flexibility index (Phi) is 4.61. The number of rotatable bonds is 2. The van der Waals surface area contributed by atoms with Crippen LogP contribution in [0.25, 0.3) is 82.2 Å². The largest absolute Gasteiger partial charge is 0.277 e. The highest BCUT2D eigenvalue weighted by Crippen LogP contribution is 2.43. The average Bonchev–Trinajstić information content (AvgIpc) is 3.38. The molecule has 190 valence electrons. The van der Waals surface area contributed by atoms with Gasteiger partial charge in [0.2, 0.25) is 5.95 Å². The summed E-state index contributed by atoms with van der Waals surface area (Å²) in [5.74, 6) is 0.679. The zero-order valence-electron chi connectivity index (χ0n) is 22.1. The van der Waals surface area contributed by atoms with Gasteiger partial charge in [0.15, 0.2) is 0 Å². The summed E-state index contributed by atoms with van der Waals surface area (Å²) in [6, 6.07) is 49.5. The zero-order chi connectivity index (χ0) is 26.9. The fourth-order valence-electron chi connectivity index (χ4n) is 6.55. The van der Waals surface area contributed by atoms with Crippen LogP contribution in [-0.4, -0.2) is 14.5 Å². The maximum atomic E-state index is 5.33. The standard InChI is InChI=1S/C38H23N3/c1-2-12-24(13-3-1)36-31-20-10-11-21-33(31)39-38(40-36)41-34-23-26-15-5-4-14-25(26)22-32(34)35-29-18-8-6-16-27(29)28-17-7-9-19-30(28)37(35)41/h1-23H. The van der Waals surface area contributed by atoms with Gasteiger partial charge in [-0.05, 0) is 45.1 Å². The molecule has 0 N–H and O–H groups in total. The van der Waals surface area contributed by atoms with E-state index in [1.165, 1.54) is 43.1 Å². The Bertz CT molecular complexity index is 2470. The third-order valence-corrected chi connectivity index (χ3v) is 8.34. The molecule has 2 heterocycles. The second kappa shape index (κ2) is 8.48. The smallest absolute Gasteiger partial charge is 0.235 e. The average molecular weight is 522 g/mol. The van der Waals surface area contributed by atoms with Crippen LogP contribution in [0.5, 0.6) is 0 Å². The Morgan fingerprint density at radius 3 is 1.80 bits per heavy atom. The van der Waals surface area contributed by atoms with E-state index >= 15 is 0 Å². The van der Waals surface area contributed by atoms with E-state index in [-0.39, 0.29) is 0 Å². The topological polar surface area (TPSA) is 30.7 Å². The third kappa shape index (κ3) is 3.20. The molecule has 41 heavy (non-hydrogen) atoms. The molecule has 0 spiro atoms. The normalized spacial score (nSPS) is 11.9. The van der Waals surface area contributed by atoms with Gasteiger partial charge in [0, 0.05) is 27.1 Å². The molecule has 0 amide bonds. The summed E-state index contributed by atoms with van der Waals surface area (Å²) in [4.78, 5) is 10.6. The number of benzene rings is 7. The van der Waals surface area contributed by atoms with E-state index in [1.54, 1.807) is 0 Å². The molecule has 0 radical (unpaired) electrons. The molecule has 2 aromatic heterocycles. The highest BCUT2D eigenvalue weighted by atomic mass is 15.2. The molecule has 0 saturated carbocycles. The van der Waals surface area contributed by atoms with Crippen LogP contribution in [0.2, 0.25) is 0 Å². The van der Waals surface area contributed by atoms with Crippen molar-refractivity contribution in [3.63, 3.8) is 0 Å². The Hall–Kier alpha value is -5.54. The number of hydrogen-bond acceptors (Lipinski definition) is 2. The van der Waals surface area contributed by atoms with Crippen molar-refractivity contribution in [2.75, 3.05) is 0 Å². The van der Waals surface area contributed by atoms with E-state index in [9.17, 15) is 0 Å². The van der Waals surface area contributed by atoms with E-state index < -0.39 is 0 Å². The van der Waals surface area contributed by atoms with Crippen LogP contribution < -0.4 is 0 Å². The lowest BCUT2D eigenvalue weighted by Crippen LogP contribution is -2.04. The van der Waals surface area contributed by atoms with Crippen molar-refractivity contribution in [1.82, 2.24) is 14.5 Å². The molecule has 3 heteroatoms. The maximum absolute atomic E-state index is 5.33. The molecule has 0 aliphatic heterocycles. The first-order chi connectivity index (χ1) is 20.3. The fraction of sp³-hybridized carbons (Fsp3) is 0. The van der Waals surface area contributed by atoms with Crippen molar-refractivity contribution in [3.05, 3.63) is 140 Å². The van der Waals surface area contributed by atoms with Crippen molar-refractivity contribution >= 4 is 65.0 Å². The van der Waals surface area contributed by atoms with E-state index in [1.807, 2.05) is 6.07 Å². The molecule has 0 unspecified atom stereocenters. The fourth-order valence-corrected chi connectivity index (χ4v) is 6.55. The van der Waals surface area contributed by atoms with Crippen LogP contribution in [0, 0.1) is 0 Å². The van der Waals surface area contributed by atoms with Gasteiger partial charge < -0.3 is 0 Å². The molecule has 0 aliphatic carbocycles. The Morgan fingerprint density at radius 2 is 1.02 bits per heavy atom. The summed E-state index contributed by atoms with van der Waals surface area (Å²) < 4.78 is 2.30. The molecular weight excluding hydrogens is 498 g/mol. The van der Waals surface area contributed by atoms with Gasteiger partial charge in [-0.15, -0.1) is 0 Å². The lowest BCUT2D eigenvalue weighted by Gasteiger charge is -2.13. The number of nitrogens with zero attached hydrogens (tertiary/aromatic N) is 3. The van der Waals surface area contributed by atoms with Gasteiger partial charge in [-0.1, -0.05) is 121 Å². The van der Waals surface area contributed by atoms with Crippen LogP contribution in [0.1, 0.15) is 0 Å². The van der Waals surface area contributed by atoms with Crippen LogP contribution in [-0.2, 0) is 0 Å². The van der Waals surface area contributed by atoms with Crippen molar-refractivity contribution in [2.45, 2.75) is 0 Å². The first-order valence-corrected chi connectivity index (χ1v) is 13.9. The van der Waals surface area contributed by atoms with Crippen molar-refractivity contribution in [1.29, 1.82) is 0 Å². The molecule has 9 aromatic rings. The summed E-state index contributed by atoms with van der Waals surface area (Å²) in [5, 5.41) is 10.8. The van der Waals surface area contributed by atoms with Crippen molar-refractivity contribution in [3.8, 4) is 17.2 Å². The zero-order valence-corrected chi connectivity index (χ0v) is 22.1. The molecule has 0 saturated heterocycles. The summed E-state index contributed by atoms with van der Waals surface area (Å²) in [5.41, 5.74) is 5.19. The highest BCUT2D eigenvalue weighted by Gasteiger charge is 2.22. The number of aromatic nitrogens is 3. The summed E-state index contributed by atoms with van der Waals surface area (Å²) in [6.45, 7) is 0. The van der Waals surface area contributed by atoms with E-state index in [2.05, 4.69) is 138 Å². The third-order valence-electron chi connectivity index (χ3n) is 8.34. The quantitative estimate of drug-likeness (QED) is 0.212. The van der Waals surface area contributed by atoms with Crippen LogP contribution >= 0.6 is 0 Å². The summed E-state index contributed by atoms with van der Waals surface area (Å²) >= 11 is 0. The molecule has 0 aliphatic rings. The van der Waals surface area contributed by atoms with Crippen LogP contribution in [0.3, 0.4) is 0 Å². The summed E-state index contributed by atoms with van der Waals surface area (Å²) in [6.07, 6.45) is 0. The number of fused-ring (bicyclic) bond motifs is 10. The Labute approximate surface area is 235 Å². The van der Waals surface area contributed by atoms with Crippen LogP contribution in [0.15, 0.2) is 140 Å². The number of para-hydroxylation sites is 1. The number of hydrogen-bond donors (Lipinski definition) is 0. The summed E-state index contributed by atoms with van der Waals surface area (Å²) in [7, 11) is 0. The maximum Gasteiger partial charge on any atom is 0.235 e. The Morgan fingerprint density at radius 1 is 0.439 bits per heavy atom. The Balaban J connectivity index is 1.55. The second-order valence-corrected chi connectivity index (χ2v) is 10.6. The predicted octanol–water partition coefficient (Wildman–Crippen LogP) is 9.85. The first kappa shape index (κ1) is 22.3. The van der Waals surface area contributed by atoms with Gasteiger partial charge in [0.05, 0.1) is 22.2 Å². The van der Waals surface area contributed by atoms with Gasteiger partial charge in [-0.2, -0.15) is 0 Å². The molecule has 0 bridgehead atoms. The first-order valence-electron chi connectivity index (χ1n) is 13.9. The van der Waals surface area contributed by atoms with Gasteiger partial charge in [0.1, 0.15) is 0 Å². The molecule has 7 aromatic carbocycles. The highest BCUT2D eigenvalue weighted by molar-refractivity contribution is 6.32. The van der Waals surface area contributed by atoms with Crippen molar-refractivity contribution < 1.29 is 0 Å². The van der Waals surface area contributed by atoms with Crippen molar-refractivity contribution in [2.24, 2.45) is 0 Å². The molecule has 3 nitrogen and oxygen atoms in total. The van der Waals surface area contributed by atoms with E-state index in [0.717, 1.165) is 33.2 Å². The lowest BCUT2D eigenvalue weighted by atomic mass is 9.96. The minimum Gasteiger partial charge on any atom is -0.277 e. The van der Waals surface area contributed by atoms with Crippen LogP contribution in [0.4, 0.5) is 0 Å². The molecule has 0 fully saturated rings. The molecule has 0 atom stereocenters. The van der Waals surface area contributed by atoms with Gasteiger partial charge in [-0.3, -0.25) is 4.57 Å². The second-order valence-electron chi connectivity index (χ2n) is 10.6. The lowest BCUT2D eigenvalue weighted by molar-refractivity contribution is 1.02. The molecule has 9 rings (SSSR count).